The molecule has 0 spiro atoms. The van der Waals surface area contributed by atoms with Crippen molar-refractivity contribution in [2.24, 2.45) is 0 Å². The average Bonchev–Trinajstić information content (AvgIpc) is 3.28. The number of hydrogen-bond acceptors (Lipinski definition) is 7. The Hall–Kier alpha value is -2.83. The van der Waals surface area contributed by atoms with Crippen LogP contribution >= 0.6 is 0 Å². The van der Waals surface area contributed by atoms with Crippen molar-refractivity contribution in [1.29, 1.82) is 0 Å². The highest BCUT2D eigenvalue weighted by Crippen LogP contribution is 2.40. The number of fused-ring (bicyclic) bond motifs is 1. The minimum atomic E-state index is -4.58. The second-order valence-corrected chi connectivity index (χ2v) is 16.6. The number of alkyl halides is 3. The SMILES string of the molecule is CN(c1nccc(C(F)(F)F)n1)[C@H]1CO[C@H](CO[Si](c2ccccc2)(c2ccccc2)C(C)(C)C)[C@@H]2OC(C)(C)O[C@@H]21. The Kier molecular flexibility index (Phi) is 8.27. The molecular formula is C31H38F3N3O4Si. The molecule has 0 aliphatic carbocycles. The van der Waals surface area contributed by atoms with Gasteiger partial charge >= 0.3 is 6.18 Å². The zero-order valence-corrected chi connectivity index (χ0v) is 25.8. The van der Waals surface area contributed by atoms with Gasteiger partial charge in [0.1, 0.15) is 24.0 Å². The van der Waals surface area contributed by atoms with Gasteiger partial charge in [0, 0.05) is 13.2 Å². The van der Waals surface area contributed by atoms with Gasteiger partial charge in [0.2, 0.25) is 5.95 Å². The Morgan fingerprint density at radius 3 is 2.05 bits per heavy atom. The van der Waals surface area contributed by atoms with Crippen LogP contribution in [0.15, 0.2) is 72.9 Å². The third-order valence-corrected chi connectivity index (χ3v) is 13.0. The van der Waals surface area contributed by atoms with Crippen molar-refractivity contribution >= 4 is 24.6 Å². The van der Waals surface area contributed by atoms with Crippen LogP contribution in [-0.4, -0.2) is 68.7 Å². The Morgan fingerprint density at radius 1 is 0.929 bits per heavy atom. The highest BCUT2D eigenvalue weighted by molar-refractivity contribution is 6.99. The summed E-state index contributed by atoms with van der Waals surface area (Å²) in [5.74, 6) is -0.987. The van der Waals surface area contributed by atoms with E-state index in [1.807, 2.05) is 50.2 Å². The monoisotopic (exact) mass is 601 g/mol. The zero-order valence-electron chi connectivity index (χ0n) is 24.8. The molecule has 2 aromatic carbocycles. The van der Waals surface area contributed by atoms with Crippen LogP contribution < -0.4 is 15.3 Å². The largest absolute Gasteiger partial charge is 0.433 e. The van der Waals surface area contributed by atoms with E-state index in [4.69, 9.17) is 18.6 Å². The normalized spacial score (nSPS) is 24.3. The quantitative estimate of drug-likeness (QED) is 0.361. The van der Waals surface area contributed by atoms with Crippen molar-refractivity contribution in [2.45, 2.75) is 76.0 Å². The fourth-order valence-electron chi connectivity index (χ4n) is 6.08. The van der Waals surface area contributed by atoms with Crippen LogP contribution in [-0.2, 0) is 24.8 Å². The van der Waals surface area contributed by atoms with Gasteiger partial charge in [-0.25, -0.2) is 9.97 Å². The fourth-order valence-corrected chi connectivity index (χ4v) is 10.7. The molecule has 0 amide bonds. The maximum atomic E-state index is 13.4. The Labute approximate surface area is 246 Å². The standard InChI is InChI=1S/C31H38F3N3O4Si/c1-29(2,3)42(21-13-9-7-10-14-21,22-15-11-8-12-16-22)39-20-24-27-26(40-30(4,5)41-27)23(19-38-24)37(6)28-35-18-17-25(36-28)31(32,33)34/h7-18,23-24,26-27H,19-20H2,1-6H3/t23-,24+,26+,27-/m0/s1. The predicted octanol–water partition coefficient (Wildman–Crippen LogP) is 4.80. The lowest BCUT2D eigenvalue weighted by Gasteiger charge is -2.45. The first-order valence-corrected chi connectivity index (χ1v) is 16.0. The first-order valence-electron chi connectivity index (χ1n) is 14.1. The number of likely N-dealkylation sites (N-methyl/N-ethyl adjacent to an activating group) is 1. The summed E-state index contributed by atoms with van der Waals surface area (Å²) in [6.07, 6.45) is -4.97. The van der Waals surface area contributed by atoms with E-state index in [1.165, 1.54) is 0 Å². The molecule has 0 unspecified atom stereocenters. The second-order valence-electron chi connectivity index (χ2n) is 12.3. The molecule has 0 saturated carbocycles. The molecule has 0 radical (unpaired) electrons. The van der Waals surface area contributed by atoms with E-state index in [0.29, 0.717) is 0 Å². The maximum Gasteiger partial charge on any atom is 0.433 e. The maximum absolute atomic E-state index is 13.4. The number of halogens is 3. The molecule has 0 N–H and O–H groups in total. The van der Waals surface area contributed by atoms with Gasteiger partial charge in [0.05, 0.1) is 19.3 Å². The molecule has 2 saturated heterocycles. The molecule has 11 heteroatoms. The molecule has 3 heterocycles. The summed E-state index contributed by atoms with van der Waals surface area (Å²) in [7, 11) is -1.19. The van der Waals surface area contributed by atoms with E-state index in [2.05, 4.69) is 55.0 Å². The Morgan fingerprint density at radius 2 is 1.50 bits per heavy atom. The van der Waals surface area contributed by atoms with Crippen LogP contribution in [0, 0.1) is 0 Å². The molecule has 42 heavy (non-hydrogen) atoms. The highest BCUT2D eigenvalue weighted by Gasteiger charge is 2.55. The van der Waals surface area contributed by atoms with Crippen molar-refractivity contribution in [3.63, 3.8) is 0 Å². The molecule has 5 rings (SSSR count). The molecule has 4 atom stereocenters. The second kappa shape index (κ2) is 11.3. The summed E-state index contributed by atoms with van der Waals surface area (Å²) >= 11 is 0. The fraction of sp³-hybridized carbons (Fsp3) is 0.484. The third-order valence-electron chi connectivity index (χ3n) is 8.02. The van der Waals surface area contributed by atoms with Crippen molar-refractivity contribution in [3.8, 4) is 0 Å². The van der Waals surface area contributed by atoms with Gasteiger partial charge in [-0.15, -0.1) is 0 Å². The van der Waals surface area contributed by atoms with Gasteiger partial charge in [-0.1, -0.05) is 81.4 Å². The van der Waals surface area contributed by atoms with Gasteiger partial charge in [0.15, 0.2) is 5.79 Å². The number of aromatic nitrogens is 2. The number of hydrogen-bond donors (Lipinski definition) is 0. The lowest BCUT2D eigenvalue weighted by molar-refractivity contribution is -0.156. The number of nitrogens with zero attached hydrogens (tertiary/aromatic N) is 3. The van der Waals surface area contributed by atoms with Crippen molar-refractivity contribution in [3.05, 3.63) is 78.6 Å². The Balaban J connectivity index is 1.44. The van der Waals surface area contributed by atoms with E-state index in [-0.39, 0.29) is 24.2 Å². The van der Waals surface area contributed by atoms with Crippen LogP contribution in [0.1, 0.15) is 40.3 Å². The Bertz CT molecular complexity index is 1320. The summed E-state index contributed by atoms with van der Waals surface area (Å²) in [5, 5.41) is 2.08. The first-order chi connectivity index (χ1) is 19.7. The van der Waals surface area contributed by atoms with Crippen LogP contribution in [0.25, 0.3) is 0 Å². The van der Waals surface area contributed by atoms with E-state index in [1.54, 1.807) is 11.9 Å². The van der Waals surface area contributed by atoms with Crippen LogP contribution in [0.5, 0.6) is 0 Å². The lowest BCUT2D eigenvalue weighted by Crippen LogP contribution is -2.68. The molecule has 226 valence electrons. The van der Waals surface area contributed by atoms with E-state index in [9.17, 15) is 13.2 Å². The summed E-state index contributed by atoms with van der Waals surface area (Å²) < 4.78 is 66.3. The highest BCUT2D eigenvalue weighted by atomic mass is 28.4. The van der Waals surface area contributed by atoms with Gasteiger partial charge in [-0.2, -0.15) is 13.2 Å². The van der Waals surface area contributed by atoms with E-state index in [0.717, 1.165) is 22.6 Å². The smallest absolute Gasteiger partial charge is 0.405 e. The summed E-state index contributed by atoms with van der Waals surface area (Å²) in [6.45, 7) is 10.7. The molecule has 3 aromatic rings. The van der Waals surface area contributed by atoms with Gasteiger partial charge in [0.25, 0.3) is 8.32 Å². The molecule has 2 aliphatic heterocycles. The molecule has 2 fully saturated rings. The van der Waals surface area contributed by atoms with Crippen molar-refractivity contribution in [2.75, 3.05) is 25.2 Å². The first kappa shape index (κ1) is 30.6. The van der Waals surface area contributed by atoms with Crippen LogP contribution in [0.2, 0.25) is 5.04 Å². The average molecular weight is 602 g/mol. The third kappa shape index (κ3) is 5.85. The summed E-state index contributed by atoms with van der Waals surface area (Å²) in [6, 6.07) is 21.1. The number of rotatable bonds is 7. The number of anilines is 1. The minimum absolute atomic E-state index is 0.0625. The van der Waals surface area contributed by atoms with Crippen LogP contribution in [0.3, 0.4) is 0 Å². The summed E-state index contributed by atoms with van der Waals surface area (Å²) in [4.78, 5) is 9.45. The summed E-state index contributed by atoms with van der Waals surface area (Å²) in [5.41, 5.74) is -1.01. The molecule has 7 nitrogen and oxygen atoms in total. The molecule has 1 aromatic heterocycles. The van der Waals surface area contributed by atoms with Gasteiger partial charge < -0.3 is 23.5 Å². The van der Waals surface area contributed by atoms with Crippen LogP contribution in [0.4, 0.5) is 19.1 Å². The van der Waals surface area contributed by atoms with E-state index >= 15 is 0 Å². The van der Waals surface area contributed by atoms with Crippen molar-refractivity contribution in [1.82, 2.24) is 9.97 Å². The van der Waals surface area contributed by atoms with Gasteiger partial charge in [-0.3, -0.25) is 0 Å². The minimum Gasteiger partial charge on any atom is -0.405 e. The van der Waals surface area contributed by atoms with E-state index < -0.39 is 50.3 Å². The molecular weight excluding hydrogens is 563 g/mol. The number of ether oxygens (including phenoxy) is 3. The van der Waals surface area contributed by atoms with Crippen molar-refractivity contribution < 1.29 is 31.8 Å². The zero-order chi connectivity index (χ0) is 30.3. The lowest BCUT2D eigenvalue weighted by atomic mass is 9.97. The predicted molar refractivity (Wildman–Crippen MR) is 156 cm³/mol. The molecule has 2 aliphatic rings. The number of benzene rings is 2. The molecule has 0 bridgehead atoms. The topological polar surface area (TPSA) is 65.9 Å². The van der Waals surface area contributed by atoms with Gasteiger partial charge in [-0.05, 0) is 35.3 Å².